The molecule has 1 aliphatic heterocycles. The van der Waals surface area contributed by atoms with Gasteiger partial charge in [-0.3, -0.25) is 9.48 Å². The van der Waals surface area contributed by atoms with Crippen LogP contribution in [0, 0.1) is 0 Å². The zero-order valence-electron chi connectivity index (χ0n) is 21.4. The van der Waals surface area contributed by atoms with Gasteiger partial charge in [0.1, 0.15) is 22.6 Å². The summed E-state index contributed by atoms with van der Waals surface area (Å²) in [5.41, 5.74) is 8.73. The molecule has 0 atom stereocenters. The van der Waals surface area contributed by atoms with Crippen LogP contribution >= 0.6 is 23.2 Å². The third-order valence-electron chi connectivity index (χ3n) is 6.63. The van der Waals surface area contributed by atoms with E-state index in [1.54, 1.807) is 35.1 Å². The normalized spacial score (nSPS) is 13.6. The maximum atomic E-state index is 13.6. The Balaban J connectivity index is 1.43. The van der Waals surface area contributed by atoms with Gasteiger partial charge in [-0.2, -0.15) is 14.9 Å². The van der Waals surface area contributed by atoms with Crippen molar-refractivity contribution < 1.29 is 0 Å². The van der Waals surface area contributed by atoms with Crippen LogP contribution in [0.15, 0.2) is 65.7 Å². The standard InChI is InChI=1S/C27H26Cl2N10O/c28-20-2-1-3-21(29)25(20)39-26(40)19-16-32-27(33-17-4-6-18(7-5-17)37-14-10-31-11-15-37)34-23(19)24(36-39)22-8-12-38(35-22)13-9-30/h1-8,12,16,31H,9-11,13-15,30H2,(H,32,33,34). The minimum atomic E-state index is -0.456. The monoisotopic (exact) mass is 576 g/mol. The lowest BCUT2D eigenvalue weighted by atomic mass is 10.2. The molecule has 1 aliphatic rings. The largest absolute Gasteiger partial charge is 0.369 e. The Morgan fingerprint density at radius 1 is 1.00 bits per heavy atom. The Labute approximate surface area is 239 Å². The van der Waals surface area contributed by atoms with Crippen molar-refractivity contribution in [3.63, 3.8) is 0 Å². The van der Waals surface area contributed by atoms with Crippen molar-refractivity contribution in [1.29, 1.82) is 0 Å². The molecule has 1 fully saturated rings. The first kappa shape index (κ1) is 26.2. The highest BCUT2D eigenvalue weighted by atomic mass is 35.5. The summed E-state index contributed by atoms with van der Waals surface area (Å²) in [4.78, 5) is 25.1. The molecule has 5 aromatic rings. The second-order valence-corrected chi connectivity index (χ2v) is 10.1. The fraction of sp³-hybridized carbons (Fsp3) is 0.222. The average Bonchev–Trinajstić information content (AvgIpc) is 3.43. The lowest BCUT2D eigenvalue weighted by Crippen LogP contribution is -2.43. The second-order valence-electron chi connectivity index (χ2n) is 9.25. The number of nitrogens with zero attached hydrogens (tertiary/aromatic N) is 7. The Kier molecular flexibility index (Phi) is 7.35. The van der Waals surface area contributed by atoms with Crippen LogP contribution < -0.4 is 26.8 Å². The van der Waals surface area contributed by atoms with E-state index in [0.717, 1.165) is 37.6 Å². The summed E-state index contributed by atoms with van der Waals surface area (Å²) in [5, 5.41) is 16.7. The van der Waals surface area contributed by atoms with Gasteiger partial charge in [0.05, 0.1) is 22.0 Å². The summed E-state index contributed by atoms with van der Waals surface area (Å²) in [6.07, 6.45) is 3.28. The second kappa shape index (κ2) is 11.2. The predicted molar refractivity (Wildman–Crippen MR) is 158 cm³/mol. The number of hydrogen-bond acceptors (Lipinski definition) is 9. The van der Waals surface area contributed by atoms with Gasteiger partial charge in [-0.05, 0) is 42.5 Å². The van der Waals surface area contributed by atoms with E-state index in [9.17, 15) is 4.79 Å². The maximum absolute atomic E-state index is 13.6. The van der Waals surface area contributed by atoms with Gasteiger partial charge in [-0.1, -0.05) is 29.3 Å². The highest BCUT2D eigenvalue weighted by molar-refractivity contribution is 6.37. The number of hydrogen-bond donors (Lipinski definition) is 3. The Hall–Kier alpha value is -4.03. The number of aromatic nitrogens is 6. The number of para-hydroxylation sites is 1. The molecule has 0 spiro atoms. The third kappa shape index (κ3) is 5.11. The van der Waals surface area contributed by atoms with Gasteiger partial charge in [0.25, 0.3) is 5.56 Å². The molecule has 0 radical (unpaired) electrons. The van der Waals surface area contributed by atoms with E-state index in [0.29, 0.717) is 35.9 Å². The molecular formula is C27H26Cl2N10O. The van der Waals surface area contributed by atoms with E-state index in [1.165, 1.54) is 10.9 Å². The summed E-state index contributed by atoms with van der Waals surface area (Å²) in [6, 6.07) is 14.9. The first-order valence-electron chi connectivity index (χ1n) is 12.8. The molecule has 204 valence electrons. The topological polar surface area (TPSA) is 132 Å². The minimum absolute atomic E-state index is 0.244. The summed E-state index contributed by atoms with van der Waals surface area (Å²) in [6.45, 7) is 4.82. The van der Waals surface area contributed by atoms with E-state index in [-0.39, 0.29) is 21.1 Å². The molecule has 0 saturated carbocycles. The summed E-state index contributed by atoms with van der Waals surface area (Å²) in [5.74, 6) is 0.319. The smallest absolute Gasteiger partial charge is 0.282 e. The van der Waals surface area contributed by atoms with Crippen LogP contribution in [0.4, 0.5) is 17.3 Å². The van der Waals surface area contributed by atoms with Crippen molar-refractivity contribution >= 4 is 51.4 Å². The summed E-state index contributed by atoms with van der Waals surface area (Å²) in [7, 11) is 0. The third-order valence-corrected chi connectivity index (χ3v) is 7.24. The van der Waals surface area contributed by atoms with Crippen molar-refractivity contribution in [2.75, 3.05) is 42.9 Å². The molecular weight excluding hydrogens is 551 g/mol. The fourth-order valence-corrected chi connectivity index (χ4v) is 5.21. The number of fused-ring (bicyclic) bond motifs is 1. The lowest BCUT2D eigenvalue weighted by Gasteiger charge is -2.29. The zero-order valence-corrected chi connectivity index (χ0v) is 22.9. The number of piperazine rings is 1. The molecule has 4 N–H and O–H groups in total. The van der Waals surface area contributed by atoms with E-state index in [1.807, 2.05) is 12.1 Å². The number of anilines is 3. The molecule has 1 saturated heterocycles. The van der Waals surface area contributed by atoms with Crippen molar-refractivity contribution in [3.05, 3.63) is 81.3 Å². The predicted octanol–water partition coefficient (Wildman–Crippen LogP) is 3.46. The van der Waals surface area contributed by atoms with E-state index in [4.69, 9.17) is 33.9 Å². The molecule has 40 heavy (non-hydrogen) atoms. The Morgan fingerprint density at radius 2 is 1.75 bits per heavy atom. The first-order valence-corrected chi connectivity index (χ1v) is 13.6. The van der Waals surface area contributed by atoms with E-state index >= 15 is 0 Å². The summed E-state index contributed by atoms with van der Waals surface area (Å²) < 4.78 is 2.89. The Morgan fingerprint density at radius 3 is 2.48 bits per heavy atom. The first-order chi connectivity index (χ1) is 19.5. The van der Waals surface area contributed by atoms with E-state index in [2.05, 4.69) is 42.8 Å². The highest BCUT2D eigenvalue weighted by Gasteiger charge is 2.21. The molecule has 13 heteroatoms. The van der Waals surface area contributed by atoms with Gasteiger partial charge in [-0.15, -0.1) is 0 Å². The van der Waals surface area contributed by atoms with Crippen LogP contribution in [0.3, 0.4) is 0 Å². The maximum Gasteiger partial charge on any atom is 0.282 e. The molecule has 0 amide bonds. The van der Waals surface area contributed by atoms with Gasteiger partial charge >= 0.3 is 0 Å². The number of nitrogens with one attached hydrogen (secondary N) is 2. The average molecular weight is 577 g/mol. The Bertz CT molecular complexity index is 1710. The molecule has 6 rings (SSSR count). The van der Waals surface area contributed by atoms with Crippen LogP contribution in [0.25, 0.3) is 28.0 Å². The highest BCUT2D eigenvalue weighted by Crippen LogP contribution is 2.30. The van der Waals surface area contributed by atoms with Crippen LogP contribution in [-0.4, -0.2) is 62.3 Å². The lowest BCUT2D eigenvalue weighted by molar-refractivity contribution is 0.589. The van der Waals surface area contributed by atoms with Crippen molar-refractivity contribution in [1.82, 2.24) is 34.8 Å². The van der Waals surface area contributed by atoms with Crippen LogP contribution in [0.5, 0.6) is 0 Å². The van der Waals surface area contributed by atoms with Crippen LogP contribution in [-0.2, 0) is 6.54 Å². The van der Waals surface area contributed by atoms with Crippen molar-refractivity contribution in [3.8, 4) is 17.1 Å². The molecule has 0 unspecified atom stereocenters. The molecule has 0 bridgehead atoms. The molecule has 4 heterocycles. The zero-order chi connectivity index (χ0) is 27.6. The van der Waals surface area contributed by atoms with Gasteiger partial charge < -0.3 is 21.3 Å². The number of nitrogens with two attached hydrogens (primary N) is 1. The number of rotatable bonds is 7. The molecule has 3 aromatic heterocycles. The van der Waals surface area contributed by atoms with E-state index < -0.39 is 5.56 Å². The number of halogens is 2. The fourth-order valence-electron chi connectivity index (χ4n) is 4.65. The van der Waals surface area contributed by atoms with Crippen LogP contribution in [0.1, 0.15) is 0 Å². The molecule has 0 aliphatic carbocycles. The summed E-state index contributed by atoms with van der Waals surface area (Å²) >= 11 is 12.9. The number of benzene rings is 2. The van der Waals surface area contributed by atoms with Crippen molar-refractivity contribution in [2.24, 2.45) is 5.73 Å². The molecule has 2 aromatic carbocycles. The van der Waals surface area contributed by atoms with Crippen molar-refractivity contribution in [2.45, 2.75) is 6.54 Å². The molecule has 11 nitrogen and oxygen atoms in total. The minimum Gasteiger partial charge on any atom is -0.369 e. The SMILES string of the molecule is NCCn1ccc(-c2nn(-c3c(Cl)cccc3Cl)c(=O)c3cnc(Nc4ccc(N5CCNCC5)cc4)nc23)n1. The van der Waals surface area contributed by atoms with Gasteiger partial charge in [0.15, 0.2) is 0 Å². The van der Waals surface area contributed by atoms with Gasteiger partial charge in [0, 0.05) is 56.5 Å². The van der Waals surface area contributed by atoms with Crippen LogP contribution in [0.2, 0.25) is 10.0 Å². The quantitative estimate of drug-likeness (QED) is 0.266. The van der Waals surface area contributed by atoms with Gasteiger partial charge in [-0.25, -0.2) is 9.97 Å². The van der Waals surface area contributed by atoms with Gasteiger partial charge in [0.2, 0.25) is 5.95 Å².